The molecule has 0 aromatic heterocycles. The molecule has 23 heavy (non-hydrogen) atoms. The van der Waals surface area contributed by atoms with Crippen molar-refractivity contribution in [2.24, 2.45) is 0 Å². The van der Waals surface area contributed by atoms with Crippen LogP contribution in [0.2, 0.25) is 0 Å². The Morgan fingerprint density at radius 1 is 1.22 bits per heavy atom. The molecule has 0 bridgehead atoms. The van der Waals surface area contributed by atoms with Gasteiger partial charge in [-0.05, 0) is 25.5 Å². The number of ketones is 1. The molecule has 0 amide bonds. The van der Waals surface area contributed by atoms with Crippen LogP contribution in [-0.4, -0.2) is 68.7 Å². The van der Waals surface area contributed by atoms with Crippen LogP contribution < -0.4 is 5.32 Å². The molecule has 0 aliphatic carbocycles. The van der Waals surface area contributed by atoms with E-state index in [0.29, 0.717) is 24.7 Å². The van der Waals surface area contributed by atoms with Gasteiger partial charge in [0, 0.05) is 50.9 Å². The Kier molecular flexibility index (Phi) is 4.82. The van der Waals surface area contributed by atoms with E-state index < -0.39 is 10.0 Å². The highest BCUT2D eigenvalue weighted by Gasteiger charge is 2.35. The Balaban J connectivity index is 1.75. The zero-order valence-corrected chi connectivity index (χ0v) is 14.2. The molecule has 6 nitrogen and oxygen atoms in total. The average molecular weight is 337 g/mol. The van der Waals surface area contributed by atoms with Gasteiger partial charge in [0.1, 0.15) is 0 Å². The summed E-state index contributed by atoms with van der Waals surface area (Å²) in [6.07, 6.45) is 0.867. The lowest BCUT2D eigenvalue weighted by atomic mass is 10.2. The third kappa shape index (κ3) is 3.47. The summed E-state index contributed by atoms with van der Waals surface area (Å²) in [5.74, 6) is -0.123. The molecule has 2 heterocycles. The molecule has 0 saturated carbocycles. The number of nitrogens with one attached hydrogen (secondary N) is 1. The van der Waals surface area contributed by atoms with Crippen molar-refractivity contribution in [3.05, 3.63) is 29.8 Å². The normalized spacial score (nSPS) is 24.0. The summed E-state index contributed by atoms with van der Waals surface area (Å²) in [5.41, 5.74) is 0.434. The van der Waals surface area contributed by atoms with Crippen LogP contribution in [0.3, 0.4) is 0 Å². The zero-order chi connectivity index (χ0) is 16.4. The predicted octanol–water partition coefficient (Wildman–Crippen LogP) is 0.557. The first kappa shape index (κ1) is 16.6. The quantitative estimate of drug-likeness (QED) is 0.813. The summed E-state index contributed by atoms with van der Waals surface area (Å²) in [6, 6.07) is 6.63. The number of hydrogen-bond donors (Lipinski definition) is 1. The van der Waals surface area contributed by atoms with Gasteiger partial charge in [-0.3, -0.25) is 9.69 Å². The average Bonchev–Trinajstić information content (AvgIpc) is 3.06. The lowest BCUT2D eigenvalue weighted by molar-refractivity contribution is 0.101. The van der Waals surface area contributed by atoms with Gasteiger partial charge in [0.25, 0.3) is 0 Å². The van der Waals surface area contributed by atoms with Gasteiger partial charge >= 0.3 is 0 Å². The van der Waals surface area contributed by atoms with Crippen LogP contribution in [0.4, 0.5) is 0 Å². The van der Waals surface area contributed by atoms with Gasteiger partial charge in [-0.25, -0.2) is 8.42 Å². The molecular formula is C16H23N3O3S. The van der Waals surface area contributed by atoms with E-state index in [9.17, 15) is 13.2 Å². The maximum Gasteiger partial charge on any atom is 0.243 e. The van der Waals surface area contributed by atoms with Gasteiger partial charge in [-0.15, -0.1) is 0 Å². The minimum absolute atomic E-state index is 0.123. The Bertz CT molecular complexity index is 684. The first-order valence-corrected chi connectivity index (χ1v) is 9.48. The minimum Gasteiger partial charge on any atom is -0.314 e. The van der Waals surface area contributed by atoms with Crippen molar-refractivity contribution in [1.82, 2.24) is 14.5 Å². The Morgan fingerprint density at radius 2 is 1.96 bits per heavy atom. The number of hydrogen-bond acceptors (Lipinski definition) is 5. The second kappa shape index (κ2) is 6.68. The molecule has 1 aromatic rings. The standard InChI is InChI=1S/C16H23N3O3S/c1-13(20)14-3-2-4-16(11-14)23(21,22)19-8-5-15(12-19)18-9-6-17-7-10-18/h2-4,11,15,17H,5-10,12H2,1H3. The summed E-state index contributed by atoms with van der Waals surface area (Å²) in [6.45, 7) is 6.39. The molecule has 126 valence electrons. The van der Waals surface area contributed by atoms with Crippen LogP contribution in [0.25, 0.3) is 0 Å². The van der Waals surface area contributed by atoms with E-state index in [0.717, 1.165) is 32.6 Å². The van der Waals surface area contributed by atoms with Crippen molar-refractivity contribution in [2.75, 3.05) is 39.3 Å². The summed E-state index contributed by atoms with van der Waals surface area (Å²) in [5, 5.41) is 3.32. The van der Waals surface area contributed by atoms with Crippen molar-refractivity contribution in [3.8, 4) is 0 Å². The highest BCUT2D eigenvalue weighted by atomic mass is 32.2. The van der Waals surface area contributed by atoms with Gasteiger partial charge in [0.05, 0.1) is 4.90 Å². The fraction of sp³-hybridized carbons (Fsp3) is 0.562. The smallest absolute Gasteiger partial charge is 0.243 e. The number of piperazine rings is 1. The number of rotatable bonds is 4. The molecule has 1 atom stereocenters. The predicted molar refractivity (Wildman–Crippen MR) is 88.1 cm³/mol. The van der Waals surface area contributed by atoms with E-state index in [2.05, 4.69) is 10.2 Å². The van der Waals surface area contributed by atoms with E-state index in [1.807, 2.05) is 0 Å². The van der Waals surface area contributed by atoms with Gasteiger partial charge in [0.2, 0.25) is 10.0 Å². The summed E-state index contributed by atoms with van der Waals surface area (Å²) in [4.78, 5) is 14.1. The molecule has 2 aliphatic heterocycles. The molecule has 2 aliphatic rings. The van der Waals surface area contributed by atoms with Crippen molar-refractivity contribution >= 4 is 15.8 Å². The van der Waals surface area contributed by atoms with Crippen LogP contribution in [0.15, 0.2) is 29.2 Å². The number of carbonyl (C=O) groups is 1. The highest BCUT2D eigenvalue weighted by Crippen LogP contribution is 2.24. The third-order valence-corrected chi connectivity index (χ3v) is 6.53. The fourth-order valence-corrected chi connectivity index (χ4v) is 4.84. The first-order chi connectivity index (χ1) is 11.0. The lowest BCUT2D eigenvalue weighted by Gasteiger charge is -2.32. The third-order valence-electron chi connectivity index (χ3n) is 4.67. The van der Waals surface area contributed by atoms with Gasteiger partial charge in [-0.1, -0.05) is 12.1 Å². The van der Waals surface area contributed by atoms with E-state index >= 15 is 0 Å². The fourth-order valence-electron chi connectivity index (χ4n) is 3.30. The first-order valence-electron chi connectivity index (χ1n) is 8.04. The number of sulfonamides is 1. The van der Waals surface area contributed by atoms with Crippen molar-refractivity contribution in [1.29, 1.82) is 0 Å². The molecule has 1 aromatic carbocycles. The number of Topliss-reactive ketones (excluding diaryl/α,β-unsaturated/α-hetero) is 1. The van der Waals surface area contributed by atoms with Crippen molar-refractivity contribution < 1.29 is 13.2 Å². The largest absolute Gasteiger partial charge is 0.314 e. The summed E-state index contributed by atoms with van der Waals surface area (Å²) >= 11 is 0. The van der Waals surface area contributed by atoms with E-state index in [1.54, 1.807) is 22.5 Å². The van der Waals surface area contributed by atoms with Crippen molar-refractivity contribution in [3.63, 3.8) is 0 Å². The van der Waals surface area contributed by atoms with Crippen LogP contribution in [0, 0.1) is 0 Å². The molecule has 0 spiro atoms. The van der Waals surface area contributed by atoms with Crippen LogP contribution >= 0.6 is 0 Å². The Morgan fingerprint density at radius 3 is 2.65 bits per heavy atom. The second-order valence-corrected chi connectivity index (χ2v) is 8.11. The van der Waals surface area contributed by atoms with Crippen LogP contribution in [0.1, 0.15) is 23.7 Å². The van der Waals surface area contributed by atoms with Crippen LogP contribution in [0.5, 0.6) is 0 Å². The number of benzene rings is 1. The van der Waals surface area contributed by atoms with Gasteiger partial charge in [0.15, 0.2) is 5.78 Å². The topological polar surface area (TPSA) is 69.7 Å². The molecule has 3 rings (SSSR count). The minimum atomic E-state index is -3.53. The molecule has 1 N–H and O–H groups in total. The molecule has 2 saturated heterocycles. The van der Waals surface area contributed by atoms with Crippen molar-refractivity contribution in [2.45, 2.75) is 24.3 Å². The Labute approximate surface area is 137 Å². The summed E-state index contributed by atoms with van der Waals surface area (Å²) < 4.78 is 27.2. The lowest BCUT2D eigenvalue weighted by Crippen LogP contribution is -2.49. The second-order valence-electron chi connectivity index (χ2n) is 6.18. The maximum atomic E-state index is 12.8. The molecule has 7 heteroatoms. The number of nitrogens with zero attached hydrogens (tertiary/aromatic N) is 2. The molecular weight excluding hydrogens is 314 g/mol. The number of carbonyl (C=O) groups excluding carboxylic acids is 1. The monoisotopic (exact) mass is 337 g/mol. The SMILES string of the molecule is CC(=O)c1cccc(S(=O)(=O)N2CCC(N3CCNCC3)C2)c1. The molecule has 2 fully saturated rings. The Hall–Kier alpha value is -1.28. The van der Waals surface area contributed by atoms with E-state index in [4.69, 9.17) is 0 Å². The van der Waals surface area contributed by atoms with Crippen LogP contribution in [-0.2, 0) is 10.0 Å². The highest BCUT2D eigenvalue weighted by molar-refractivity contribution is 7.89. The van der Waals surface area contributed by atoms with E-state index in [-0.39, 0.29) is 10.7 Å². The molecule has 0 radical (unpaired) electrons. The van der Waals surface area contributed by atoms with Gasteiger partial charge < -0.3 is 5.32 Å². The van der Waals surface area contributed by atoms with Gasteiger partial charge in [-0.2, -0.15) is 4.31 Å². The maximum absolute atomic E-state index is 12.8. The molecule has 1 unspecified atom stereocenters. The zero-order valence-electron chi connectivity index (χ0n) is 13.4. The summed E-state index contributed by atoms with van der Waals surface area (Å²) in [7, 11) is -3.53. The van der Waals surface area contributed by atoms with E-state index in [1.165, 1.54) is 13.0 Å².